The molecule has 0 spiro atoms. The van der Waals surface area contributed by atoms with E-state index in [4.69, 9.17) is 0 Å². The van der Waals surface area contributed by atoms with E-state index < -0.39 is 0 Å². The molecular formula is C23H32N4S. The van der Waals surface area contributed by atoms with Crippen molar-refractivity contribution in [1.29, 1.82) is 0 Å². The van der Waals surface area contributed by atoms with Crippen molar-refractivity contribution in [2.24, 2.45) is 5.92 Å². The summed E-state index contributed by atoms with van der Waals surface area (Å²) in [6.07, 6.45) is 7.72. The van der Waals surface area contributed by atoms with Crippen LogP contribution in [0.3, 0.4) is 0 Å². The van der Waals surface area contributed by atoms with Gasteiger partial charge in [0.1, 0.15) is 0 Å². The second-order valence-electron chi connectivity index (χ2n) is 8.28. The van der Waals surface area contributed by atoms with E-state index in [1.165, 1.54) is 60.6 Å². The number of aromatic nitrogens is 1. The van der Waals surface area contributed by atoms with Gasteiger partial charge in [-0.2, -0.15) is 0 Å². The van der Waals surface area contributed by atoms with Gasteiger partial charge in [0, 0.05) is 55.2 Å². The van der Waals surface area contributed by atoms with Gasteiger partial charge in [-0.1, -0.05) is 12.1 Å². The minimum absolute atomic E-state index is 0.663. The summed E-state index contributed by atoms with van der Waals surface area (Å²) in [7, 11) is 0. The maximum atomic E-state index is 4.17. The minimum atomic E-state index is 0.663. The molecule has 1 N–H and O–H groups in total. The van der Waals surface area contributed by atoms with Crippen LogP contribution < -0.4 is 9.62 Å². The van der Waals surface area contributed by atoms with E-state index in [1.54, 1.807) is 11.9 Å². The lowest BCUT2D eigenvalue weighted by atomic mass is 9.79. The molecule has 1 saturated carbocycles. The molecule has 1 aliphatic heterocycles. The highest BCUT2D eigenvalue weighted by atomic mass is 32.2. The average molecular weight is 397 g/mol. The summed E-state index contributed by atoms with van der Waals surface area (Å²) < 4.78 is 3.59. The molecule has 1 saturated heterocycles. The maximum absolute atomic E-state index is 4.17. The van der Waals surface area contributed by atoms with Gasteiger partial charge in [0.15, 0.2) is 0 Å². The van der Waals surface area contributed by atoms with Crippen LogP contribution in [-0.4, -0.2) is 48.6 Å². The molecule has 0 bridgehead atoms. The highest BCUT2D eigenvalue weighted by Gasteiger charge is 2.29. The number of rotatable bonds is 7. The van der Waals surface area contributed by atoms with Gasteiger partial charge in [0.05, 0.1) is 0 Å². The van der Waals surface area contributed by atoms with Crippen LogP contribution in [0.4, 0.5) is 5.69 Å². The van der Waals surface area contributed by atoms with Gasteiger partial charge in [-0.15, -0.1) is 0 Å². The Morgan fingerprint density at radius 1 is 1.07 bits per heavy atom. The largest absolute Gasteiger partial charge is 0.369 e. The lowest BCUT2D eigenvalue weighted by Gasteiger charge is -2.40. The van der Waals surface area contributed by atoms with E-state index in [9.17, 15) is 0 Å². The van der Waals surface area contributed by atoms with Crippen molar-refractivity contribution < 1.29 is 0 Å². The van der Waals surface area contributed by atoms with Crippen molar-refractivity contribution >= 4 is 17.6 Å². The number of benzene rings is 1. The number of nitrogens with one attached hydrogen (secondary N) is 1. The SMILES string of the molecule is Cc1cccc(N2CCN(CCC3CC(NSc4cccnc4)C3)CC2)c1C. The number of anilines is 1. The van der Waals surface area contributed by atoms with Gasteiger partial charge in [-0.05, 0) is 86.8 Å². The highest BCUT2D eigenvalue weighted by Crippen LogP contribution is 2.33. The molecule has 4 nitrogen and oxygen atoms in total. The molecule has 0 atom stereocenters. The minimum Gasteiger partial charge on any atom is -0.369 e. The van der Waals surface area contributed by atoms with Crippen LogP contribution >= 0.6 is 11.9 Å². The fourth-order valence-corrected chi connectivity index (χ4v) is 5.04. The number of hydrogen-bond donors (Lipinski definition) is 1. The van der Waals surface area contributed by atoms with Crippen LogP contribution in [0, 0.1) is 19.8 Å². The Labute approximate surface area is 173 Å². The Morgan fingerprint density at radius 2 is 1.89 bits per heavy atom. The third-order valence-corrected chi connectivity index (χ3v) is 7.28. The fraction of sp³-hybridized carbons (Fsp3) is 0.522. The first-order chi connectivity index (χ1) is 13.7. The molecule has 2 heterocycles. The van der Waals surface area contributed by atoms with E-state index in [0.717, 1.165) is 19.0 Å². The second kappa shape index (κ2) is 9.29. The number of nitrogens with zero attached hydrogens (tertiary/aromatic N) is 3. The zero-order chi connectivity index (χ0) is 19.3. The van der Waals surface area contributed by atoms with Crippen LogP contribution in [-0.2, 0) is 0 Å². The van der Waals surface area contributed by atoms with Gasteiger partial charge in [0.25, 0.3) is 0 Å². The van der Waals surface area contributed by atoms with Gasteiger partial charge in [-0.25, -0.2) is 0 Å². The van der Waals surface area contributed by atoms with E-state index in [0.29, 0.717) is 6.04 Å². The number of piperazine rings is 1. The number of aryl methyl sites for hydroxylation is 1. The standard InChI is InChI=1S/C23H32N4S/c1-18-5-3-7-23(19(18)2)27-13-11-26(12-14-27)10-8-20-15-21(16-20)25-28-22-6-4-9-24-17-22/h3-7,9,17,20-21,25H,8,10-16H2,1-2H3. The Bertz CT molecular complexity index is 752. The predicted octanol–water partition coefficient (Wildman–Crippen LogP) is 4.29. The second-order valence-corrected chi connectivity index (χ2v) is 9.19. The van der Waals surface area contributed by atoms with Crippen LogP contribution in [0.25, 0.3) is 0 Å². The Balaban J connectivity index is 1.13. The Hall–Kier alpha value is -1.56. The summed E-state index contributed by atoms with van der Waals surface area (Å²) in [6.45, 7) is 10.4. The van der Waals surface area contributed by atoms with Crippen molar-refractivity contribution in [3.8, 4) is 0 Å². The summed E-state index contributed by atoms with van der Waals surface area (Å²) in [6, 6.07) is 11.5. The zero-order valence-electron chi connectivity index (χ0n) is 17.1. The van der Waals surface area contributed by atoms with Gasteiger partial charge >= 0.3 is 0 Å². The first kappa shape index (κ1) is 19.7. The van der Waals surface area contributed by atoms with Crippen LogP contribution in [0.2, 0.25) is 0 Å². The van der Waals surface area contributed by atoms with Crippen molar-refractivity contribution in [2.45, 2.75) is 44.0 Å². The van der Waals surface area contributed by atoms with Gasteiger partial charge in [0.2, 0.25) is 0 Å². The number of hydrogen-bond acceptors (Lipinski definition) is 5. The molecule has 5 heteroatoms. The Morgan fingerprint density at radius 3 is 2.64 bits per heavy atom. The summed E-state index contributed by atoms with van der Waals surface area (Å²) in [5, 5.41) is 0. The molecule has 2 fully saturated rings. The van der Waals surface area contributed by atoms with E-state index in [2.05, 4.69) is 57.6 Å². The lowest BCUT2D eigenvalue weighted by molar-refractivity contribution is 0.184. The molecule has 0 unspecified atom stereocenters. The summed E-state index contributed by atoms with van der Waals surface area (Å²) in [5.41, 5.74) is 4.27. The monoisotopic (exact) mass is 396 g/mol. The molecule has 28 heavy (non-hydrogen) atoms. The van der Waals surface area contributed by atoms with Crippen molar-refractivity contribution in [3.05, 3.63) is 53.9 Å². The molecule has 2 aromatic rings. The molecule has 0 amide bonds. The molecule has 1 aromatic heterocycles. The summed E-state index contributed by atoms with van der Waals surface area (Å²) in [4.78, 5) is 10.6. The Kier molecular flexibility index (Phi) is 6.55. The molecule has 150 valence electrons. The molecule has 2 aliphatic rings. The smallest absolute Gasteiger partial charge is 0.0417 e. The van der Waals surface area contributed by atoms with Crippen LogP contribution in [0.15, 0.2) is 47.6 Å². The van der Waals surface area contributed by atoms with E-state index in [1.807, 2.05) is 18.5 Å². The fourth-order valence-electron chi connectivity index (χ4n) is 4.28. The molecule has 1 aromatic carbocycles. The summed E-state index contributed by atoms with van der Waals surface area (Å²) in [5.74, 6) is 0.893. The van der Waals surface area contributed by atoms with Crippen LogP contribution in [0.1, 0.15) is 30.4 Å². The quantitative estimate of drug-likeness (QED) is 0.706. The molecular weight excluding hydrogens is 364 g/mol. The molecule has 1 aliphatic carbocycles. The summed E-state index contributed by atoms with van der Waals surface area (Å²) >= 11 is 1.72. The number of pyridine rings is 1. The molecule has 4 rings (SSSR count). The first-order valence-corrected chi connectivity index (χ1v) is 11.4. The van der Waals surface area contributed by atoms with Crippen molar-refractivity contribution in [1.82, 2.24) is 14.6 Å². The predicted molar refractivity (Wildman–Crippen MR) is 119 cm³/mol. The molecule has 0 radical (unpaired) electrons. The first-order valence-electron chi connectivity index (χ1n) is 10.5. The van der Waals surface area contributed by atoms with Crippen molar-refractivity contribution in [2.75, 3.05) is 37.6 Å². The van der Waals surface area contributed by atoms with Crippen molar-refractivity contribution in [3.63, 3.8) is 0 Å². The van der Waals surface area contributed by atoms with E-state index >= 15 is 0 Å². The lowest BCUT2D eigenvalue weighted by Crippen LogP contribution is -2.48. The third-order valence-electron chi connectivity index (χ3n) is 6.36. The highest BCUT2D eigenvalue weighted by molar-refractivity contribution is 7.97. The van der Waals surface area contributed by atoms with Crippen LogP contribution in [0.5, 0.6) is 0 Å². The zero-order valence-corrected chi connectivity index (χ0v) is 17.9. The van der Waals surface area contributed by atoms with E-state index in [-0.39, 0.29) is 0 Å². The van der Waals surface area contributed by atoms with Gasteiger partial charge in [-0.3, -0.25) is 14.6 Å². The maximum Gasteiger partial charge on any atom is 0.0417 e. The van der Waals surface area contributed by atoms with Gasteiger partial charge < -0.3 is 4.90 Å². The average Bonchev–Trinajstić information content (AvgIpc) is 2.70. The topological polar surface area (TPSA) is 31.4 Å². The normalized spacial score (nSPS) is 22.9. The third kappa shape index (κ3) is 4.88.